The van der Waals surface area contributed by atoms with Gasteiger partial charge in [-0.3, -0.25) is 0 Å². The maximum atomic E-state index is 13.2. The number of benzene rings is 1. The van der Waals surface area contributed by atoms with Crippen LogP contribution in [0.2, 0.25) is 0 Å². The third kappa shape index (κ3) is 2.54. The minimum Gasteiger partial charge on any atom is -0.368 e. The van der Waals surface area contributed by atoms with Crippen molar-refractivity contribution in [1.82, 2.24) is 14.6 Å². The summed E-state index contributed by atoms with van der Waals surface area (Å²) in [6.45, 7) is 8.07. The molecular formula is C17H19FN4. The molecule has 2 aromatic heterocycles. The van der Waals surface area contributed by atoms with Crippen LogP contribution in [0.4, 0.5) is 10.2 Å². The molecule has 0 aliphatic heterocycles. The minimum absolute atomic E-state index is 0.246. The molecule has 3 aromatic rings. The third-order valence-electron chi connectivity index (χ3n) is 3.46. The molecule has 0 fully saturated rings. The molecule has 0 unspecified atom stereocenters. The summed E-state index contributed by atoms with van der Waals surface area (Å²) >= 11 is 0. The van der Waals surface area contributed by atoms with Crippen molar-refractivity contribution >= 4 is 11.5 Å². The van der Waals surface area contributed by atoms with Gasteiger partial charge in [0.05, 0.1) is 5.69 Å². The SMILES string of the molecule is Cc1cc(NC(C)C)n2nc(C)c(-c3ccc(F)cc3)c2n1. The number of hydrogen-bond donors (Lipinski definition) is 1. The first kappa shape index (κ1) is 14.5. The molecule has 2 heterocycles. The van der Waals surface area contributed by atoms with E-state index < -0.39 is 0 Å². The first-order valence-corrected chi connectivity index (χ1v) is 7.35. The van der Waals surface area contributed by atoms with Crippen molar-refractivity contribution in [2.45, 2.75) is 33.7 Å². The number of anilines is 1. The van der Waals surface area contributed by atoms with E-state index in [-0.39, 0.29) is 5.82 Å². The van der Waals surface area contributed by atoms with Crippen LogP contribution in [0.15, 0.2) is 30.3 Å². The summed E-state index contributed by atoms with van der Waals surface area (Å²) in [5.74, 6) is 0.665. The minimum atomic E-state index is -0.246. The summed E-state index contributed by atoms with van der Waals surface area (Å²) in [6, 6.07) is 8.72. The van der Waals surface area contributed by atoms with Gasteiger partial charge in [0.1, 0.15) is 11.6 Å². The molecule has 0 amide bonds. The second-order valence-corrected chi connectivity index (χ2v) is 5.78. The van der Waals surface area contributed by atoms with Gasteiger partial charge in [0.25, 0.3) is 0 Å². The number of aromatic nitrogens is 3. The molecular weight excluding hydrogens is 279 g/mol. The Kier molecular flexibility index (Phi) is 3.56. The molecule has 0 aliphatic carbocycles. The van der Waals surface area contributed by atoms with Crippen molar-refractivity contribution in [2.24, 2.45) is 0 Å². The van der Waals surface area contributed by atoms with Gasteiger partial charge < -0.3 is 5.32 Å². The molecule has 1 aromatic carbocycles. The Morgan fingerprint density at radius 3 is 2.45 bits per heavy atom. The van der Waals surface area contributed by atoms with Gasteiger partial charge in [-0.15, -0.1) is 0 Å². The van der Waals surface area contributed by atoms with Crippen LogP contribution < -0.4 is 5.32 Å². The maximum absolute atomic E-state index is 13.2. The van der Waals surface area contributed by atoms with E-state index in [4.69, 9.17) is 0 Å². The second kappa shape index (κ2) is 5.40. The van der Waals surface area contributed by atoms with Crippen molar-refractivity contribution in [2.75, 3.05) is 5.32 Å². The number of hydrogen-bond acceptors (Lipinski definition) is 3. The molecule has 114 valence electrons. The molecule has 0 bridgehead atoms. The number of nitrogens with one attached hydrogen (secondary N) is 1. The van der Waals surface area contributed by atoms with Crippen LogP contribution in [0.25, 0.3) is 16.8 Å². The summed E-state index contributed by atoms with van der Waals surface area (Å²) in [5, 5.41) is 7.99. The van der Waals surface area contributed by atoms with Gasteiger partial charge in [-0.2, -0.15) is 9.61 Å². The summed E-state index contributed by atoms with van der Waals surface area (Å²) in [7, 11) is 0. The number of rotatable bonds is 3. The van der Waals surface area contributed by atoms with Crippen LogP contribution >= 0.6 is 0 Å². The van der Waals surface area contributed by atoms with Crippen molar-refractivity contribution in [3.05, 3.63) is 47.5 Å². The third-order valence-corrected chi connectivity index (χ3v) is 3.46. The number of aryl methyl sites for hydroxylation is 2. The maximum Gasteiger partial charge on any atom is 0.165 e. The zero-order chi connectivity index (χ0) is 15.9. The van der Waals surface area contributed by atoms with Crippen LogP contribution in [0.1, 0.15) is 25.2 Å². The van der Waals surface area contributed by atoms with Crippen LogP contribution in [0.5, 0.6) is 0 Å². The molecule has 0 aliphatic rings. The van der Waals surface area contributed by atoms with Gasteiger partial charge in [-0.05, 0) is 45.4 Å². The quantitative estimate of drug-likeness (QED) is 0.795. The highest BCUT2D eigenvalue weighted by Crippen LogP contribution is 2.29. The van der Waals surface area contributed by atoms with Crippen molar-refractivity contribution in [1.29, 1.82) is 0 Å². The highest BCUT2D eigenvalue weighted by Gasteiger charge is 2.16. The Hall–Kier alpha value is -2.43. The van der Waals surface area contributed by atoms with E-state index >= 15 is 0 Å². The lowest BCUT2D eigenvalue weighted by atomic mass is 10.1. The molecule has 0 radical (unpaired) electrons. The zero-order valence-corrected chi connectivity index (χ0v) is 13.2. The fourth-order valence-electron chi connectivity index (χ4n) is 2.60. The van der Waals surface area contributed by atoms with Crippen molar-refractivity contribution in [3.8, 4) is 11.1 Å². The van der Waals surface area contributed by atoms with Gasteiger partial charge >= 0.3 is 0 Å². The van der Waals surface area contributed by atoms with E-state index in [1.165, 1.54) is 12.1 Å². The topological polar surface area (TPSA) is 42.2 Å². The van der Waals surface area contributed by atoms with Gasteiger partial charge in [0, 0.05) is 23.4 Å². The van der Waals surface area contributed by atoms with E-state index in [1.54, 1.807) is 12.1 Å². The first-order chi connectivity index (χ1) is 10.5. The van der Waals surface area contributed by atoms with Crippen LogP contribution in [0.3, 0.4) is 0 Å². The van der Waals surface area contributed by atoms with Crippen LogP contribution in [-0.2, 0) is 0 Å². The molecule has 22 heavy (non-hydrogen) atoms. The number of halogens is 1. The largest absolute Gasteiger partial charge is 0.368 e. The first-order valence-electron chi connectivity index (χ1n) is 7.35. The van der Waals surface area contributed by atoms with Crippen molar-refractivity contribution in [3.63, 3.8) is 0 Å². The van der Waals surface area contributed by atoms with Crippen molar-refractivity contribution < 1.29 is 4.39 Å². The predicted octanol–water partition coefficient (Wildman–Crippen LogP) is 3.97. The van der Waals surface area contributed by atoms with E-state index in [0.717, 1.165) is 34.0 Å². The molecule has 0 spiro atoms. The fraction of sp³-hybridized carbons (Fsp3) is 0.294. The van der Waals surface area contributed by atoms with Gasteiger partial charge in [-0.1, -0.05) is 12.1 Å². The summed E-state index contributed by atoms with van der Waals surface area (Å²) in [5.41, 5.74) is 4.43. The Morgan fingerprint density at radius 2 is 1.82 bits per heavy atom. The summed E-state index contributed by atoms with van der Waals surface area (Å²) in [6.07, 6.45) is 0. The zero-order valence-electron chi connectivity index (χ0n) is 13.2. The monoisotopic (exact) mass is 298 g/mol. The second-order valence-electron chi connectivity index (χ2n) is 5.78. The Labute approximate surface area is 129 Å². The van der Waals surface area contributed by atoms with E-state index in [2.05, 4.69) is 29.2 Å². The Morgan fingerprint density at radius 1 is 1.14 bits per heavy atom. The lowest BCUT2D eigenvalue weighted by Gasteiger charge is -2.12. The van der Waals surface area contributed by atoms with E-state index in [0.29, 0.717) is 6.04 Å². The average molecular weight is 298 g/mol. The van der Waals surface area contributed by atoms with Crippen LogP contribution in [-0.4, -0.2) is 20.6 Å². The van der Waals surface area contributed by atoms with Crippen LogP contribution in [0, 0.1) is 19.7 Å². The number of fused-ring (bicyclic) bond motifs is 1. The molecule has 5 heteroatoms. The standard InChI is InChI=1S/C17H19FN4/c1-10(2)19-15-9-11(3)20-17-16(12(4)21-22(15)17)13-5-7-14(18)8-6-13/h5-10,19H,1-4H3. The Balaban J connectivity index is 2.25. The fourth-order valence-corrected chi connectivity index (χ4v) is 2.60. The highest BCUT2D eigenvalue weighted by atomic mass is 19.1. The molecule has 0 atom stereocenters. The lowest BCUT2D eigenvalue weighted by molar-refractivity contribution is 0.628. The van der Waals surface area contributed by atoms with E-state index in [9.17, 15) is 4.39 Å². The molecule has 0 saturated heterocycles. The number of nitrogens with zero attached hydrogens (tertiary/aromatic N) is 3. The molecule has 3 rings (SSSR count). The predicted molar refractivity (Wildman–Crippen MR) is 86.6 cm³/mol. The van der Waals surface area contributed by atoms with E-state index in [1.807, 2.05) is 24.4 Å². The average Bonchev–Trinajstić information content (AvgIpc) is 2.76. The Bertz CT molecular complexity index is 819. The summed E-state index contributed by atoms with van der Waals surface area (Å²) in [4.78, 5) is 4.63. The molecule has 4 nitrogen and oxygen atoms in total. The smallest absolute Gasteiger partial charge is 0.165 e. The normalized spacial score (nSPS) is 11.4. The lowest BCUT2D eigenvalue weighted by Crippen LogP contribution is -2.14. The molecule has 1 N–H and O–H groups in total. The van der Waals surface area contributed by atoms with Gasteiger partial charge in [0.15, 0.2) is 5.65 Å². The van der Waals surface area contributed by atoms with Gasteiger partial charge in [0.2, 0.25) is 0 Å². The molecule has 0 saturated carbocycles. The van der Waals surface area contributed by atoms with Gasteiger partial charge in [-0.25, -0.2) is 9.37 Å². The summed E-state index contributed by atoms with van der Waals surface area (Å²) < 4.78 is 15.0. The highest BCUT2D eigenvalue weighted by molar-refractivity contribution is 5.80.